The smallest absolute Gasteiger partial charge is 0.287 e. The summed E-state index contributed by atoms with van der Waals surface area (Å²) in [6, 6.07) is 15.4. The molecule has 4 heteroatoms. The zero-order chi connectivity index (χ0) is 16.9. The highest BCUT2D eigenvalue weighted by atomic mass is 35.5. The van der Waals surface area contributed by atoms with Gasteiger partial charge in [-0.3, -0.25) is 4.79 Å². The average Bonchev–Trinajstić information content (AvgIpc) is 2.60. The van der Waals surface area contributed by atoms with Gasteiger partial charge in [-0.05, 0) is 50.5 Å². The molecule has 0 bridgehead atoms. The second kappa shape index (κ2) is 7.82. The summed E-state index contributed by atoms with van der Waals surface area (Å²) in [6.45, 7) is 4.11. The second-order valence-corrected chi connectivity index (χ2v) is 7.00. The molecule has 1 heterocycles. The van der Waals surface area contributed by atoms with Crippen molar-refractivity contribution >= 4 is 23.2 Å². The number of nitrogens with one attached hydrogen (secondary N) is 2. The van der Waals surface area contributed by atoms with E-state index in [2.05, 4.69) is 5.32 Å². The first-order valence-electron chi connectivity index (χ1n) is 8.61. The maximum Gasteiger partial charge on any atom is 0.287 e. The van der Waals surface area contributed by atoms with Crippen LogP contribution in [0.15, 0.2) is 48.5 Å². The van der Waals surface area contributed by atoms with Crippen molar-refractivity contribution in [3.8, 4) is 0 Å². The minimum atomic E-state index is -0.191. The lowest BCUT2D eigenvalue weighted by molar-refractivity contribution is -0.926. The Morgan fingerprint density at radius 2 is 1.62 bits per heavy atom. The van der Waals surface area contributed by atoms with Gasteiger partial charge >= 0.3 is 0 Å². The van der Waals surface area contributed by atoms with Crippen LogP contribution in [0, 0.1) is 6.92 Å². The molecule has 2 aromatic rings. The summed E-state index contributed by atoms with van der Waals surface area (Å²) < 4.78 is 0. The largest absolute Gasteiger partial charge is 0.321 e. The second-order valence-electron chi connectivity index (χ2n) is 6.56. The van der Waals surface area contributed by atoms with Gasteiger partial charge in [0.15, 0.2) is 6.04 Å². The third-order valence-electron chi connectivity index (χ3n) is 4.69. The highest BCUT2D eigenvalue weighted by Gasteiger charge is 2.32. The van der Waals surface area contributed by atoms with Gasteiger partial charge in [-0.15, -0.1) is 0 Å². The predicted octanol–water partition coefficient (Wildman–Crippen LogP) is 3.40. The Morgan fingerprint density at radius 1 is 1.00 bits per heavy atom. The van der Waals surface area contributed by atoms with Gasteiger partial charge in [0.1, 0.15) is 0 Å². The number of amides is 1. The van der Waals surface area contributed by atoms with Crippen LogP contribution in [-0.4, -0.2) is 19.0 Å². The van der Waals surface area contributed by atoms with Gasteiger partial charge in [0, 0.05) is 16.3 Å². The molecule has 0 aromatic heterocycles. The molecule has 1 amide bonds. The summed E-state index contributed by atoms with van der Waals surface area (Å²) in [6.07, 6.45) is 3.62. The molecule has 0 unspecified atom stereocenters. The summed E-state index contributed by atoms with van der Waals surface area (Å²) in [5.74, 6) is 0.0538. The Labute approximate surface area is 148 Å². The fraction of sp³-hybridized carbons (Fsp3) is 0.350. The van der Waals surface area contributed by atoms with Crippen LogP contribution in [0.5, 0.6) is 0 Å². The summed E-state index contributed by atoms with van der Waals surface area (Å²) in [7, 11) is 0. The van der Waals surface area contributed by atoms with Crippen LogP contribution < -0.4 is 10.2 Å². The van der Waals surface area contributed by atoms with Crippen LogP contribution in [0.3, 0.4) is 0 Å². The van der Waals surface area contributed by atoms with E-state index < -0.39 is 0 Å². The van der Waals surface area contributed by atoms with Crippen LogP contribution >= 0.6 is 11.6 Å². The van der Waals surface area contributed by atoms with E-state index in [1.54, 1.807) is 0 Å². The lowest BCUT2D eigenvalue weighted by atomic mass is 10.0. The number of piperidine rings is 1. The predicted molar refractivity (Wildman–Crippen MR) is 98.5 cm³/mol. The molecule has 0 radical (unpaired) electrons. The lowest BCUT2D eigenvalue weighted by Crippen LogP contribution is -3.14. The third-order valence-corrected chi connectivity index (χ3v) is 4.94. The van der Waals surface area contributed by atoms with E-state index in [1.165, 1.54) is 29.7 Å². The van der Waals surface area contributed by atoms with Gasteiger partial charge in [-0.1, -0.05) is 41.4 Å². The molecule has 1 aliphatic heterocycles. The first-order chi connectivity index (χ1) is 11.6. The van der Waals surface area contributed by atoms with Crippen molar-refractivity contribution < 1.29 is 9.69 Å². The maximum absolute atomic E-state index is 13.0. The van der Waals surface area contributed by atoms with Gasteiger partial charge in [-0.2, -0.15) is 0 Å². The fourth-order valence-electron chi connectivity index (χ4n) is 3.37. The normalized spacial score (nSPS) is 16.6. The van der Waals surface area contributed by atoms with Crippen molar-refractivity contribution in [1.82, 2.24) is 0 Å². The molecule has 24 heavy (non-hydrogen) atoms. The molecule has 1 saturated heterocycles. The fourth-order valence-corrected chi connectivity index (χ4v) is 3.50. The van der Waals surface area contributed by atoms with Crippen molar-refractivity contribution in [2.45, 2.75) is 32.2 Å². The van der Waals surface area contributed by atoms with Crippen LogP contribution in [-0.2, 0) is 4.79 Å². The monoisotopic (exact) mass is 343 g/mol. The van der Waals surface area contributed by atoms with E-state index in [4.69, 9.17) is 11.6 Å². The van der Waals surface area contributed by atoms with Gasteiger partial charge in [0.05, 0.1) is 13.1 Å². The number of hydrogen-bond donors (Lipinski definition) is 2. The molecule has 1 fully saturated rings. The maximum atomic E-state index is 13.0. The molecule has 3 nitrogen and oxygen atoms in total. The summed E-state index contributed by atoms with van der Waals surface area (Å²) in [5, 5.41) is 3.79. The zero-order valence-corrected chi connectivity index (χ0v) is 14.8. The number of aryl methyl sites for hydroxylation is 1. The molecule has 2 aromatic carbocycles. The Morgan fingerprint density at radius 3 is 2.25 bits per heavy atom. The van der Waals surface area contributed by atoms with Crippen molar-refractivity contribution in [1.29, 1.82) is 0 Å². The van der Waals surface area contributed by atoms with Gasteiger partial charge < -0.3 is 10.2 Å². The first kappa shape index (κ1) is 17.0. The standard InChI is InChI=1S/C20H23ClN2O/c1-15-5-11-18(12-6-15)22-20(24)19(23-13-3-2-4-14-23)16-7-9-17(21)10-8-16/h5-12,19H,2-4,13-14H2,1H3,(H,22,24)/p+1/t19-/m1/s1. The van der Waals surface area contributed by atoms with E-state index >= 15 is 0 Å². The molecular weight excluding hydrogens is 320 g/mol. The number of anilines is 1. The van der Waals surface area contributed by atoms with Gasteiger partial charge in [0.2, 0.25) is 0 Å². The van der Waals surface area contributed by atoms with E-state index in [0.717, 1.165) is 24.3 Å². The minimum Gasteiger partial charge on any atom is -0.321 e. The van der Waals surface area contributed by atoms with E-state index in [9.17, 15) is 4.79 Å². The number of benzene rings is 2. The highest BCUT2D eigenvalue weighted by molar-refractivity contribution is 6.30. The van der Waals surface area contributed by atoms with Crippen LogP contribution in [0.25, 0.3) is 0 Å². The molecule has 1 aliphatic rings. The number of rotatable bonds is 4. The number of carbonyl (C=O) groups is 1. The number of quaternary nitrogens is 1. The number of hydrogen-bond acceptors (Lipinski definition) is 1. The Hall–Kier alpha value is -1.84. The molecule has 3 rings (SSSR count). The van der Waals surface area contributed by atoms with Crippen molar-refractivity contribution in [2.24, 2.45) is 0 Å². The Bertz CT molecular complexity index is 676. The van der Waals surface area contributed by atoms with E-state index in [-0.39, 0.29) is 11.9 Å². The summed E-state index contributed by atoms with van der Waals surface area (Å²) >= 11 is 6.02. The number of carbonyl (C=O) groups excluding carboxylic acids is 1. The SMILES string of the molecule is Cc1ccc(NC(=O)[C@@H](c2ccc(Cl)cc2)[NH+]2CCCCC2)cc1. The molecule has 1 atom stereocenters. The lowest BCUT2D eigenvalue weighted by Gasteiger charge is -2.31. The molecule has 0 spiro atoms. The molecular formula is C20H24ClN2O+. The van der Waals surface area contributed by atoms with Gasteiger partial charge in [0.25, 0.3) is 5.91 Å². The molecule has 126 valence electrons. The molecule has 2 N–H and O–H groups in total. The summed E-state index contributed by atoms with van der Waals surface area (Å²) in [4.78, 5) is 14.4. The van der Waals surface area contributed by atoms with E-state index in [1.807, 2.05) is 55.5 Å². The van der Waals surface area contributed by atoms with Crippen molar-refractivity contribution in [3.05, 3.63) is 64.7 Å². The first-order valence-corrected chi connectivity index (χ1v) is 8.99. The Kier molecular flexibility index (Phi) is 5.54. The Balaban J connectivity index is 1.83. The van der Waals surface area contributed by atoms with Crippen LogP contribution in [0.2, 0.25) is 5.02 Å². The van der Waals surface area contributed by atoms with Crippen molar-refractivity contribution in [3.63, 3.8) is 0 Å². The highest BCUT2D eigenvalue weighted by Crippen LogP contribution is 2.18. The molecule has 0 saturated carbocycles. The van der Waals surface area contributed by atoms with Crippen molar-refractivity contribution in [2.75, 3.05) is 18.4 Å². The average molecular weight is 344 g/mol. The number of likely N-dealkylation sites (tertiary alicyclic amines) is 1. The van der Waals surface area contributed by atoms with E-state index in [0.29, 0.717) is 5.02 Å². The quantitative estimate of drug-likeness (QED) is 0.876. The van der Waals surface area contributed by atoms with Gasteiger partial charge in [-0.25, -0.2) is 0 Å². The zero-order valence-electron chi connectivity index (χ0n) is 14.0. The number of halogens is 1. The summed E-state index contributed by atoms with van der Waals surface area (Å²) in [5.41, 5.74) is 3.06. The van der Waals surface area contributed by atoms with Crippen LogP contribution in [0.1, 0.15) is 36.4 Å². The molecule has 0 aliphatic carbocycles. The van der Waals surface area contributed by atoms with Crippen LogP contribution in [0.4, 0.5) is 5.69 Å². The minimum absolute atomic E-state index is 0.0538. The topological polar surface area (TPSA) is 33.5 Å². The third kappa shape index (κ3) is 4.16.